The van der Waals surface area contributed by atoms with Gasteiger partial charge in [0.25, 0.3) is 5.91 Å². The monoisotopic (exact) mass is 286 g/mol. The Balaban J connectivity index is 2.72. The Kier molecular flexibility index (Phi) is 5.13. The second-order valence-electron chi connectivity index (χ2n) is 3.36. The lowest BCUT2D eigenvalue weighted by Gasteiger charge is -2.09. The van der Waals surface area contributed by atoms with Crippen molar-refractivity contribution in [3.05, 3.63) is 28.8 Å². The number of carboxylic acids is 1. The summed E-state index contributed by atoms with van der Waals surface area (Å²) in [7, 11) is 1.35. The molecule has 1 rings (SSSR count). The number of benzene rings is 1. The first-order valence-corrected chi connectivity index (χ1v) is 5.49. The van der Waals surface area contributed by atoms with Gasteiger partial charge in [0.05, 0.1) is 0 Å². The average molecular weight is 287 g/mol. The summed E-state index contributed by atoms with van der Waals surface area (Å²) in [5, 5.41) is 13.3. The maximum Gasteiger partial charge on any atom is 0.339 e. The van der Waals surface area contributed by atoms with E-state index in [1.807, 2.05) is 5.32 Å². The molecule has 0 aliphatic carbocycles. The highest BCUT2D eigenvalue weighted by atomic mass is 35.5. The van der Waals surface area contributed by atoms with Gasteiger partial charge in [0.1, 0.15) is 11.3 Å². The quantitative estimate of drug-likeness (QED) is 0.762. The van der Waals surface area contributed by atoms with Crippen molar-refractivity contribution >= 4 is 29.5 Å². The van der Waals surface area contributed by atoms with Crippen LogP contribution in [0.4, 0.5) is 4.79 Å². The summed E-state index contributed by atoms with van der Waals surface area (Å²) in [6.45, 7) is -0.506. The largest absolute Gasteiger partial charge is 0.483 e. The topological polar surface area (TPSA) is 105 Å². The van der Waals surface area contributed by atoms with Gasteiger partial charge >= 0.3 is 12.0 Å². The van der Waals surface area contributed by atoms with E-state index in [2.05, 4.69) is 5.32 Å². The Morgan fingerprint density at radius 1 is 1.37 bits per heavy atom. The number of imide groups is 1. The molecule has 0 bridgehead atoms. The molecule has 19 heavy (non-hydrogen) atoms. The minimum atomic E-state index is -1.21. The minimum Gasteiger partial charge on any atom is -0.483 e. The van der Waals surface area contributed by atoms with Crippen molar-refractivity contribution in [2.24, 2.45) is 0 Å². The first-order chi connectivity index (χ1) is 8.93. The Labute approximate surface area is 113 Å². The molecule has 102 valence electrons. The van der Waals surface area contributed by atoms with Crippen LogP contribution in [0, 0.1) is 0 Å². The van der Waals surface area contributed by atoms with E-state index >= 15 is 0 Å². The van der Waals surface area contributed by atoms with Gasteiger partial charge in [0.15, 0.2) is 6.61 Å². The van der Waals surface area contributed by atoms with Crippen molar-refractivity contribution in [2.75, 3.05) is 13.7 Å². The number of halogens is 1. The number of hydrogen-bond donors (Lipinski definition) is 3. The minimum absolute atomic E-state index is 0.0490. The number of nitrogens with one attached hydrogen (secondary N) is 2. The standard InChI is InChI=1S/C11H11ClN2O5/c1-13-11(18)14-9(15)5-19-8-4-6(12)2-3-7(8)10(16)17/h2-4H,5H2,1H3,(H,16,17)(H2,13,14,15,18). The van der Waals surface area contributed by atoms with E-state index in [1.54, 1.807) is 0 Å². The molecule has 0 spiro atoms. The molecule has 8 heteroatoms. The van der Waals surface area contributed by atoms with Crippen LogP contribution in [-0.4, -0.2) is 36.7 Å². The lowest BCUT2D eigenvalue weighted by molar-refractivity contribution is -0.122. The summed E-state index contributed by atoms with van der Waals surface area (Å²) in [5.41, 5.74) is -0.128. The number of carbonyl (C=O) groups is 3. The summed E-state index contributed by atoms with van der Waals surface area (Å²) in [5.74, 6) is -1.97. The summed E-state index contributed by atoms with van der Waals surface area (Å²) in [4.78, 5) is 33.0. The predicted octanol–water partition coefficient (Wildman–Crippen LogP) is 0.873. The highest BCUT2D eigenvalue weighted by Crippen LogP contribution is 2.23. The molecule has 1 aromatic carbocycles. The maximum absolute atomic E-state index is 11.3. The third-order valence-electron chi connectivity index (χ3n) is 2.01. The second-order valence-corrected chi connectivity index (χ2v) is 3.80. The molecule has 0 fully saturated rings. The van der Waals surface area contributed by atoms with E-state index in [4.69, 9.17) is 21.4 Å². The van der Waals surface area contributed by atoms with E-state index in [0.717, 1.165) is 0 Å². The van der Waals surface area contributed by atoms with Gasteiger partial charge in [-0.05, 0) is 18.2 Å². The first-order valence-electron chi connectivity index (χ1n) is 5.11. The number of ether oxygens (including phenoxy) is 1. The summed E-state index contributed by atoms with van der Waals surface area (Å²) >= 11 is 5.71. The molecule has 3 N–H and O–H groups in total. The van der Waals surface area contributed by atoms with Gasteiger partial charge in [-0.2, -0.15) is 0 Å². The summed E-state index contributed by atoms with van der Waals surface area (Å²) < 4.78 is 5.03. The van der Waals surface area contributed by atoms with E-state index in [0.29, 0.717) is 0 Å². The molecule has 0 atom stereocenters. The van der Waals surface area contributed by atoms with Crippen LogP contribution in [0.3, 0.4) is 0 Å². The van der Waals surface area contributed by atoms with Crippen molar-refractivity contribution in [3.63, 3.8) is 0 Å². The fourth-order valence-corrected chi connectivity index (χ4v) is 1.32. The van der Waals surface area contributed by atoms with Gasteiger partial charge in [0, 0.05) is 12.1 Å². The summed E-state index contributed by atoms with van der Waals surface area (Å²) in [6.07, 6.45) is 0. The first kappa shape index (κ1) is 14.8. The smallest absolute Gasteiger partial charge is 0.339 e. The molecule has 0 unspecified atom stereocenters. The fraction of sp³-hybridized carbons (Fsp3) is 0.182. The number of urea groups is 1. The van der Waals surface area contributed by atoms with Gasteiger partial charge in [-0.3, -0.25) is 10.1 Å². The molecule has 1 aromatic rings. The third kappa shape index (κ3) is 4.47. The molecule has 0 saturated carbocycles. The van der Waals surface area contributed by atoms with Crippen LogP contribution < -0.4 is 15.4 Å². The molecular weight excluding hydrogens is 276 g/mol. The molecule has 0 aliphatic heterocycles. The molecule has 7 nitrogen and oxygen atoms in total. The van der Waals surface area contributed by atoms with E-state index < -0.39 is 24.5 Å². The van der Waals surface area contributed by atoms with Crippen LogP contribution in [0.15, 0.2) is 18.2 Å². The molecule has 0 radical (unpaired) electrons. The molecule has 0 saturated heterocycles. The number of aromatic carboxylic acids is 1. The third-order valence-corrected chi connectivity index (χ3v) is 2.25. The fourth-order valence-electron chi connectivity index (χ4n) is 1.16. The second kappa shape index (κ2) is 6.60. The zero-order valence-electron chi connectivity index (χ0n) is 9.90. The molecule has 0 heterocycles. The van der Waals surface area contributed by atoms with E-state index in [9.17, 15) is 14.4 Å². The molecular formula is C11H11ClN2O5. The van der Waals surface area contributed by atoms with Crippen molar-refractivity contribution < 1.29 is 24.2 Å². The average Bonchev–Trinajstić information content (AvgIpc) is 2.35. The Bertz CT molecular complexity index is 518. The van der Waals surface area contributed by atoms with E-state index in [-0.39, 0.29) is 16.3 Å². The normalized spacial score (nSPS) is 9.58. The Morgan fingerprint density at radius 3 is 2.63 bits per heavy atom. The number of carboxylic acid groups (broad SMARTS) is 1. The van der Waals surface area contributed by atoms with Crippen LogP contribution in [0.5, 0.6) is 5.75 Å². The predicted molar refractivity (Wildman–Crippen MR) is 66.5 cm³/mol. The maximum atomic E-state index is 11.3. The number of carbonyl (C=O) groups excluding carboxylic acids is 2. The van der Waals surface area contributed by atoms with Crippen LogP contribution in [0.2, 0.25) is 5.02 Å². The van der Waals surface area contributed by atoms with Crippen molar-refractivity contribution in [2.45, 2.75) is 0 Å². The van der Waals surface area contributed by atoms with Gasteiger partial charge in [-0.1, -0.05) is 11.6 Å². The number of rotatable bonds is 4. The van der Waals surface area contributed by atoms with Gasteiger partial charge in [-0.15, -0.1) is 0 Å². The van der Waals surface area contributed by atoms with Crippen LogP contribution in [0.1, 0.15) is 10.4 Å². The molecule has 0 aromatic heterocycles. The van der Waals surface area contributed by atoms with E-state index in [1.165, 1.54) is 25.2 Å². The molecule has 0 aliphatic rings. The van der Waals surface area contributed by atoms with Gasteiger partial charge in [0.2, 0.25) is 0 Å². The lowest BCUT2D eigenvalue weighted by atomic mass is 10.2. The molecule has 3 amide bonds. The van der Waals surface area contributed by atoms with Crippen molar-refractivity contribution in [3.8, 4) is 5.75 Å². The zero-order valence-corrected chi connectivity index (χ0v) is 10.7. The SMILES string of the molecule is CNC(=O)NC(=O)COc1cc(Cl)ccc1C(=O)O. The van der Waals surface area contributed by atoms with Crippen molar-refractivity contribution in [1.82, 2.24) is 10.6 Å². The van der Waals surface area contributed by atoms with Crippen LogP contribution >= 0.6 is 11.6 Å². The highest BCUT2D eigenvalue weighted by molar-refractivity contribution is 6.30. The lowest BCUT2D eigenvalue weighted by Crippen LogP contribution is -2.40. The van der Waals surface area contributed by atoms with Crippen molar-refractivity contribution in [1.29, 1.82) is 0 Å². The number of hydrogen-bond acceptors (Lipinski definition) is 4. The number of amides is 3. The zero-order chi connectivity index (χ0) is 14.4. The van der Waals surface area contributed by atoms with Gasteiger partial charge < -0.3 is 15.2 Å². The Hall–Kier alpha value is -2.28. The van der Waals surface area contributed by atoms with Crippen LogP contribution in [0.25, 0.3) is 0 Å². The van der Waals surface area contributed by atoms with Crippen LogP contribution in [-0.2, 0) is 4.79 Å². The summed E-state index contributed by atoms with van der Waals surface area (Å²) in [6, 6.07) is 3.25. The van der Waals surface area contributed by atoms with Gasteiger partial charge in [-0.25, -0.2) is 9.59 Å². The highest BCUT2D eigenvalue weighted by Gasteiger charge is 2.14. The Morgan fingerprint density at radius 2 is 2.05 bits per heavy atom.